The number of nitrogens with one attached hydrogen (secondary N) is 1. The fourth-order valence-electron chi connectivity index (χ4n) is 3.56. The Morgan fingerprint density at radius 3 is 2.83 bits per heavy atom. The van der Waals surface area contributed by atoms with E-state index in [1.165, 1.54) is 0 Å². The highest BCUT2D eigenvalue weighted by atomic mass is 79.9. The molecule has 3 heterocycles. The van der Waals surface area contributed by atoms with E-state index in [2.05, 4.69) is 36.0 Å². The van der Waals surface area contributed by atoms with Gasteiger partial charge in [-0.3, -0.25) is 4.79 Å². The highest BCUT2D eigenvalue weighted by molar-refractivity contribution is 9.10. The molecule has 0 aliphatic carbocycles. The van der Waals surface area contributed by atoms with Crippen molar-refractivity contribution in [3.8, 4) is 0 Å². The van der Waals surface area contributed by atoms with E-state index in [-0.39, 0.29) is 5.91 Å². The molecule has 4 rings (SSSR count). The lowest BCUT2D eigenvalue weighted by Gasteiger charge is -2.32. The third-order valence-electron chi connectivity index (χ3n) is 4.87. The molecule has 2 aliphatic rings. The number of fused-ring (bicyclic) bond motifs is 1. The van der Waals surface area contributed by atoms with Gasteiger partial charge in [-0.2, -0.15) is 0 Å². The van der Waals surface area contributed by atoms with E-state index in [9.17, 15) is 4.79 Å². The summed E-state index contributed by atoms with van der Waals surface area (Å²) in [6.07, 6.45) is 1.90. The van der Waals surface area contributed by atoms with Crippen LogP contribution in [0.15, 0.2) is 28.7 Å². The minimum absolute atomic E-state index is 0.113. The summed E-state index contributed by atoms with van der Waals surface area (Å²) in [5.74, 6) is 2.64. The van der Waals surface area contributed by atoms with Crippen molar-refractivity contribution in [3.63, 3.8) is 0 Å². The molecule has 0 bridgehead atoms. The molecule has 1 aromatic heterocycles. The number of benzene rings is 1. The number of amides is 1. The van der Waals surface area contributed by atoms with Gasteiger partial charge in [0.15, 0.2) is 0 Å². The molecule has 1 fully saturated rings. The number of likely N-dealkylation sites (tertiary alicyclic amines) is 1. The normalized spacial score (nSPS) is 18.5. The van der Waals surface area contributed by atoms with Crippen LogP contribution in [0.3, 0.4) is 0 Å². The number of nitrogens with zero attached hydrogens (tertiary/aromatic N) is 4. The summed E-state index contributed by atoms with van der Waals surface area (Å²) in [5, 5.41) is 12.1. The maximum atomic E-state index is 12.6. The molecule has 1 amide bonds. The van der Waals surface area contributed by atoms with E-state index < -0.39 is 0 Å². The van der Waals surface area contributed by atoms with Crippen molar-refractivity contribution in [3.05, 3.63) is 46.0 Å². The average Bonchev–Trinajstić information content (AvgIpc) is 3.05. The van der Waals surface area contributed by atoms with Gasteiger partial charge in [-0.1, -0.05) is 22.0 Å². The van der Waals surface area contributed by atoms with Crippen molar-refractivity contribution < 1.29 is 4.79 Å². The summed E-state index contributed by atoms with van der Waals surface area (Å²) in [6, 6.07) is 7.60. The topological polar surface area (TPSA) is 63.1 Å². The lowest BCUT2D eigenvalue weighted by atomic mass is 9.95. The number of halogens is 1. The van der Waals surface area contributed by atoms with Crippen LogP contribution < -0.4 is 5.32 Å². The molecular formula is C17H20BrN5O. The Bertz CT molecular complexity index is 751. The molecule has 2 aliphatic heterocycles. The third kappa shape index (κ3) is 2.98. The Balaban J connectivity index is 1.43. The van der Waals surface area contributed by atoms with Crippen LogP contribution in [0.25, 0.3) is 0 Å². The standard InChI is InChI=1S/C17H20BrN5O/c18-14-3-1-2-13(10-14)17(24)22-7-4-12(5-8-22)16-21-20-15-11-19-6-9-23(15)16/h1-3,10,12,19H,4-9,11H2. The van der Waals surface area contributed by atoms with Gasteiger partial charge in [0.05, 0.1) is 6.54 Å². The van der Waals surface area contributed by atoms with Crippen LogP contribution in [0.4, 0.5) is 0 Å². The van der Waals surface area contributed by atoms with Gasteiger partial charge in [0.1, 0.15) is 11.6 Å². The molecule has 0 atom stereocenters. The van der Waals surface area contributed by atoms with E-state index in [1.54, 1.807) is 0 Å². The Morgan fingerprint density at radius 2 is 2.04 bits per heavy atom. The van der Waals surface area contributed by atoms with Gasteiger partial charge in [-0.05, 0) is 31.0 Å². The van der Waals surface area contributed by atoms with Crippen molar-refractivity contribution in [1.29, 1.82) is 0 Å². The van der Waals surface area contributed by atoms with Gasteiger partial charge in [0.2, 0.25) is 0 Å². The number of hydrogen-bond acceptors (Lipinski definition) is 4. The minimum Gasteiger partial charge on any atom is -0.339 e. The fraction of sp³-hybridized carbons (Fsp3) is 0.471. The molecule has 0 unspecified atom stereocenters. The number of carbonyl (C=O) groups excluding carboxylic acids is 1. The second kappa shape index (κ2) is 6.64. The predicted molar refractivity (Wildman–Crippen MR) is 93.7 cm³/mol. The Labute approximate surface area is 149 Å². The molecule has 24 heavy (non-hydrogen) atoms. The van der Waals surface area contributed by atoms with Gasteiger partial charge >= 0.3 is 0 Å². The summed E-state index contributed by atoms with van der Waals surface area (Å²) >= 11 is 3.43. The van der Waals surface area contributed by atoms with Crippen molar-refractivity contribution >= 4 is 21.8 Å². The highest BCUT2D eigenvalue weighted by Gasteiger charge is 2.29. The molecule has 2 aromatic rings. The lowest BCUT2D eigenvalue weighted by molar-refractivity contribution is 0.0710. The average molecular weight is 390 g/mol. The molecule has 1 N–H and O–H groups in total. The van der Waals surface area contributed by atoms with Gasteiger partial charge in [-0.25, -0.2) is 0 Å². The van der Waals surface area contributed by atoms with Gasteiger partial charge in [-0.15, -0.1) is 10.2 Å². The molecule has 0 spiro atoms. The molecule has 0 saturated carbocycles. The molecule has 0 radical (unpaired) electrons. The summed E-state index contributed by atoms with van der Waals surface area (Å²) in [5.41, 5.74) is 0.744. The zero-order chi connectivity index (χ0) is 16.5. The number of piperidine rings is 1. The van der Waals surface area contributed by atoms with Crippen LogP contribution in [0.1, 0.15) is 40.8 Å². The van der Waals surface area contributed by atoms with Crippen molar-refractivity contribution in [1.82, 2.24) is 25.0 Å². The Morgan fingerprint density at radius 1 is 1.21 bits per heavy atom. The zero-order valence-electron chi connectivity index (χ0n) is 13.4. The van der Waals surface area contributed by atoms with Gasteiger partial charge in [0, 0.05) is 42.1 Å². The van der Waals surface area contributed by atoms with E-state index in [4.69, 9.17) is 0 Å². The van der Waals surface area contributed by atoms with Gasteiger partial charge < -0.3 is 14.8 Å². The van der Waals surface area contributed by atoms with Crippen molar-refractivity contribution in [2.75, 3.05) is 19.6 Å². The molecular weight excluding hydrogens is 370 g/mol. The van der Waals surface area contributed by atoms with Crippen molar-refractivity contribution in [2.24, 2.45) is 0 Å². The molecule has 1 saturated heterocycles. The number of hydrogen-bond donors (Lipinski definition) is 1. The van der Waals surface area contributed by atoms with Crippen molar-refractivity contribution in [2.45, 2.75) is 31.8 Å². The second-order valence-corrected chi connectivity index (χ2v) is 7.30. The van der Waals surface area contributed by atoms with E-state index in [1.807, 2.05) is 29.2 Å². The molecule has 126 valence electrons. The number of carbonyl (C=O) groups is 1. The summed E-state index contributed by atoms with van der Waals surface area (Å²) < 4.78 is 3.19. The smallest absolute Gasteiger partial charge is 0.253 e. The monoisotopic (exact) mass is 389 g/mol. The molecule has 1 aromatic carbocycles. The first kappa shape index (κ1) is 15.8. The number of rotatable bonds is 2. The minimum atomic E-state index is 0.113. The number of aromatic nitrogens is 3. The first-order valence-electron chi connectivity index (χ1n) is 8.40. The molecule has 7 heteroatoms. The van der Waals surface area contributed by atoms with Crippen LogP contribution in [0.5, 0.6) is 0 Å². The fourth-order valence-corrected chi connectivity index (χ4v) is 3.96. The van der Waals surface area contributed by atoms with Crippen LogP contribution in [0.2, 0.25) is 0 Å². The highest BCUT2D eigenvalue weighted by Crippen LogP contribution is 2.28. The Hall–Kier alpha value is -1.73. The zero-order valence-corrected chi connectivity index (χ0v) is 15.0. The Kier molecular flexibility index (Phi) is 4.37. The molecule has 6 nitrogen and oxygen atoms in total. The summed E-state index contributed by atoms with van der Waals surface area (Å²) in [6.45, 7) is 4.26. The second-order valence-electron chi connectivity index (χ2n) is 6.38. The quantitative estimate of drug-likeness (QED) is 0.854. The summed E-state index contributed by atoms with van der Waals surface area (Å²) in [4.78, 5) is 14.6. The van der Waals surface area contributed by atoms with E-state index >= 15 is 0 Å². The largest absolute Gasteiger partial charge is 0.339 e. The van der Waals surface area contributed by atoms with E-state index in [0.29, 0.717) is 5.92 Å². The third-order valence-corrected chi connectivity index (χ3v) is 5.36. The van der Waals surface area contributed by atoms with E-state index in [0.717, 1.165) is 67.3 Å². The summed E-state index contributed by atoms with van der Waals surface area (Å²) in [7, 11) is 0. The van der Waals surface area contributed by atoms with Crippen LogP contribution in [0, 0.1) is 0 Å². The van der Waals surface area contributed by atoms with Crippen LogP contribution >= 0.6 is 15.9 Å². The first-order valence-corrected chi connectivity index (χ1v) is 9.19. The first-order chi connectivity index (χ1) is 11.7. The maximum absolute atomic E-state index is 12.6. The van der Waals surface area contributed by atoms with Crippen LogP contribution in [-0.4, -0.2) is 45.2 Å². The van der Waals surface area contributed by atoms with Crippen LogP contribution in [-0.2, 0) is 13.1 Å². The lowest BCUT2D eigenvalue weighted by Crippen LogP contribution is -2.38. The SMILES string of the molecule is O=C(c1cccc(Br)c1)N1CCC(c2nnc3n2CCNC3)CC1. The van der Waals surface area contributed by atoms with Gasteiger partial charge in [0.25, 0.3) is 5.91 Å². The predicted octanol–water partition coefficient (Wildman–Crippen LogP) is 2.16. The maximum Gasteiger partial charge on any atom is 0.253 e.